The molecular formula is C85H80O4P4. The van der Waals surface area contributed by atoms with E-state index < -0.39 is 37.1 Å². The molecule has 0 spiro atoms. The van der Waals surface area contributed by atoms with Crippen molar-refractivity contribution in [3.8, 4) is 23.0 Å². The van der Waals surface area contributed by atoms with Gasteiger partial charge in [-0.2, -0.15) is 0 Å². The standard InChI is InChI=1S/C85H80O4P4/c1-9-29-77(30-10-1)90(78-31-11-2-12-32-78)65-25-61-86-73-53-45-69(46-54-73)85(70-47-55-74(56-48-70)87-62-26-66-91(79-33-13-3-14-34-79)80-35-15-4-16-36-80,71-49-57-75(58-50-71)88-63-27-67-92(81-37-17-5-18-38-81)82-39-19-6-20-40-82)72-51-59-76(60-52-72)89-64-28-68-93(83-41-21-7-22-42-83)84-43-23-8-24-44-84/h1-24,29-60H,25-28,61-68H2. The molecule has 0 saturated heterocycles. The molecule has 8 heteroatoms. The Morgan fingerprint density at radius 2 is 0.333 bits per heavy atom. The first-order valence-corrected chi connectivity index (χ1v) is 38.7. The molecule has 12 rings (SSSR count). The van der Waals surface area contributed by atoms with Gasteiger partial charge in [0.15, 0.2) is 0 Å². The summed E-state index contributed by atoms with van der Waals surface area (Å²) in [5, 5.41) is 11.1. The van der Waals surface area contributed by atoms with Crippen molar-refractivity contribution < 1.29 is 18.9 Å². The summed E-state index contributed by atoms with van der Waals surface area (Å²) in [4.78, 5) is 0. The van der Waals surface area contributed by atoms with Gasteiger partial charge in [0.2, 0.25) is 0 Å². The first-order valence-electron chi connectivity index (χ1n) is 32.6. The number of hydrogen-bond donors (Lipinski definition) is 0. The molecule has 0 heterocycles. The molecule has 464 valence electrons. The van der Waals surface area contributed by atoms with Crippen LogP contribution >= 0.6 is 31.7 Å². The van der Waals surface area contributed by atoms with Gasteiger partial charge >= 0.3 is 0 Å². The van der Waals surface area contributed by atoms with Crippen LogP contribution in [-0.2, 0) is 5.41 Å². The van der Waals surface area contributed by atoms with Crippen molar-refractivity contribution in [2.24, 2.45) is 0 Å². The fraction of sp³-hybridized carbons (Fsp3) is 0.153. The zero-order chi connectivity index (χ0) is 63.0. The molecule has 0 bridgehead atoms. The van der Waals surface area contributed by atoms with Gasteiger partial charge < -0.3 is 18.9 Å². The van der Waals surface area contributed by atoms with E-state index in [1.165, 1.54) is 42.4 Å². The second-order valence-corrected chi connectivity index (χ2v) is 32.3. The summed E-state index contributed by atoms with van der Waals surface area (Å²) in [6.07, 6.45) is 7.89. The molecule has 0 saturated carbocycles. The molecule has 0 aliphatic heterocycles. The predicted molar refractivity (Wildman–Crippen MR) is 401 cm³/mol. The molecule has 0 unspecified atom stereocenters. The summed E-state index contributed by atoms with van der Waals surface area (Å²) in [6, 6.07) is 123. The molecule has 12 aromatic rings. The Morgan fingerprint density at radius 3 is 0.484 bits per heavy atom. The molecule has 0 aromatic heterocycles. The molecule has 0 fully saturated rings. The average Bonchev–Trinajstić information content (AvgIpc) is 0.740. The smallest absolute Gasteiger partial charge is 0.119 e. The van der Waals surface area contributed by atoms with Gasteiger partial charge in [0.05, 0.1) is 31.8 Å². The van der Waals surface area contributed by atoms with Crippen LogP contribution in [0.1, 0.15) is 47.9 Å². The third-order valence-corrected chi connectivity index (χ3v) is 27.3. The van der Waals surface area contributed by atoms with Gasteiger partial charge in [0, 0.05) is 0 Å². The zero-order valence-corrected chi connectivity index (χ0v) is 56.3. The lowest BCUT2D eigenvalue weighted by Gasteiger charge is -2.37. The second kappa shape index (κ2) is 33.9. The van der Waals surface area contributed by atoms with E-state index >= 15 is 0 Å². The summed E-state index contributed by atoms with van der Waals surface area (Å²) < 4.78 is 26.6. The van der Waals surface area contributed by atoms with E-state index in [9.17, 15) is 0 Å². The Labute approximate surface area is 556 Å². The topological polar surface area (TPSA) is 36.9 Å². The first-order chi connectivity index (χ1) is 46.2. The van der Waals surface area contributed by atoms with Crippen molar-refractivity contribution in [3.63, 3.8) is 0 Å². The van der Waals surface area contributed by atoms with E-state index in [1.54, 1.807) is 0 Å². The van der Waals surface area contributed by atoms with Gasteiger partial charge in [0.1, 0.15) is 23.0 Å². The van der Waals surface area contributed by atoms with E-state index in [0.29, 0.717) is 26.4 Å². The van der Waals surface area contributed by atoms with Crippen molar-refractivity contribution in [2.45, 2.75) is 31.1 Å². The van der Waals surface area contributed by atoms with Crippen LogP contribution in [0.3, 0.4) is 0 Å². The van der Waals surface area contributed by atoms with Crippen LogP contribution in [0.5, 0.6) is 23.0 Å². The molecule has 0 aliphatic rings. The molecule has 0 amide bonds. The van der Waals surface area contributed by atoms with Crippen LogP contribution in [0.2, 0.25) is 0 Å². The summed E-state index contributed by atoms with van der Waals surface area (Å²) in [7, 11) is -2.07. The van der Waals surface area contributed by atoms with Crippen molar-refractivity contribution in [3.05, 3.63) is 362 Å². The molecule has 0 radical (unpaired) electrons. The van der Waals surface area contributed by atoms with Gasteiger partial charge in [-0.1, -0.05) is 291 Å². The van der Waals surface area contributed by atoms with Gasteiger partial charge in [-0.3, -0.25) is 0 Å². The van der Waals surface area contributed by atoms with Crippen molar-refractivity contribution in [1.29, 1.82) is 0 Å². The minimum absolute atomic E-state index is 0.517. The van der Waals surface area contributed by atoms with Crippen LogP contribution < -0.4 is 61.4 Å². The van der Waals surface area contributed by atoms with Gasteiger partial charge in [-0.25, -0.2) is 0 Å². The normalized spacial score (nSPS) is 11.5. The van der Waals surface area contributed by atoms with Crippen molar-refractivity contribution >= 4 is 74.1 Å². The number of rotatable bonds is 32. The van der Waals surface area contributed by atoms with E-state index in [2.05, 4.69) is 340 Å². The lowest BCUT2D eigenvalue weighted by atomic mass is 9.65. The molecule has 0 N–H and O–H groups in total. The highest BCUT2D eigenvalue weighted by Crippen LogP contribution is 2.47. The minimum Gasteiger partial charge on any atom is -0.494 e. The first kappa shape index (κ1) is 64.7. The van der Waals surface area contributed by atoms with Gasteiger partial charge in [-0.15, -0.1) is 0 Å². The maximum atomic E-state index is 6.66. The highest BCUT2D eigenvalue weighted by atomic mass is 31.1. The van der Waals surface area contributed by atoms with Gasteiger partial charge in [-0.05, 0) is 195 Å². The third kappa shape index (κ3) is 17.2. The Balaban J connectivity index is 0.829. The molecule has 93 heavy (non-hydrogen) atoms. The van der Waals surface area contributed by atoms with Crippen LogP contribution in [0, 0.1) is 0 Å². The lowest BCUT2D eigenvalue weighted by molar-refractivity contribution is 0.318. The fourth-order valence-corrected chi connectivity index (χ4v) is 21.6. The Morgan fingerprint density at radius 1 is 0.183 bits per heavy atom. The Bertz CT molecular complexity index is 3360. The average molecular weight is 1290 g/mol. The maximum absolute atomic E-state index is 6.66. The van der Waals surface area contributed by atoms with Crippen LogP contribution in [0.25, 0.3) is 0 Å². The van der Waals surface area contributed by atoms with Crippen LogP contribution in [0.15, 0.2) is 340 Å². The third-order valence-electron chi connectivity index (χ3n) is 16.9. The number of ether oxygens (including phenoxy) is 4. The Kier molecular flexibility index (Phi) is 23.6. The molecule has 4 nitrogen and oxygen atoms in total. The van der Waals surface area contributed by atoms with E-state index in [1.807, 2.05) is 0 Å². The maximum Gasteiger partial charge on any atom is 0.119 e. The highest BCUT2D eigenvalue weighted by molar-refractivity contribution is 7.74. The SMILES string of the molecule is c1ccc(P(CCCOc2ccc(C(c3ccc(OCCCP(c4ccccc4)c4ccccc4)cc3)(c3ccc(OCCCP(c4ccccc4)c4ccccc4)cc3)c3ccc(OCCCP(c4ccccc4)c4ccccc4)cc3)cc2)c2ccccc2)cc1. The minimum atomic E-state index is -0.779. The zero-order valence-electron chi connectivity index (χ0n) is 52.7. The molecule has 0 aliphatic carbocycles. The molecule has 0 atom stereocenters. The largest absolute Gasteiger partial charge is 0.494 e. The van der Waals surface area contributed by atoms with Gasteiger partial charge in [0.25, 0.3) is 0 Å². The van der Waals surface area contributed by atoms with Crippen LogP contribution in [-0.4, -0.2) is 51.1 Å². The summed E-state index contributed by atoms with van der Waals surface area (Å²) in [5.41, 5.74) is 3.68. The quantitative estimate of drug-likeness (QED) is 0.0239. The fourth-order valence-electron chi connectivity index (χ4n) is 12.3. The van der Waals surface area contributed by atoms with E-state index in [-0.39, 0.29) is 0 Å². The second-order valence-electron chi connectivity index (χ2n) is 22.9. The number of benzene rings is 12. The monoisotopic (exact) mass is 1290 g/mol. The lowest BCUT2D eigenvalue weighted by Crippen LogP contribution is -2.31. The van der Waals surface area contributed by atoms with Crippen LogP contribution in [0.4, 0.5) is 0 Å². The van der Waals surface area contributed by atoms with Crippen molar-refractivity contribution in [1.82, 2.24) is 0 Å². The predicted octanol–water partition coefficient (Wildman–Crippen LogP) is 17.7. The Hall–Kier alpha value is -8.44. The van der Waals surface area contributed by atoms with E-state index in [4.69, 9.17) is 18.9 Å². The van der Waals surface area contributed by atoms with E-state index in [0.717, 1.165) is 95.6 Å². The van der Waals surface area contributed by atoms with Crippen molar-refractivity contribution in [2.75, 3.05) is 51.1 Å². The summed E-state index contributed by atoms with van der Waals surface area (Å²) >= 11 is 0. The molecule has 12 aromatic carbocycles. The molecular weight excluding hydrogens is 1210 g/mol. The summed E-state index contributed by atoms with van der Waals surface area (Å²) in [6.45, 7) is 2.48. The number of hydrogen-bond acceptors (Lipinski definition) is 4. The summed E-state index contributed by atoms with van der Waals surface area (Å²) in [5.74, 6) is 3.40. The highest BCUT2D eigenvalue weighted by Gasteiger charge is 2.39.